The van der Waals surface area contributed by atoms with Crippen LogP contribution >= 0.6 is 0 Å². The third-order valence-corrected chi connectivity index (χ3v) is 6.33. The number of hydrogen-bond donors (Lipinski definition) is 3. The smallest absolute Gasteiger partial charge is 0.480 e. The number of amides is 2. The van der Waals surface area contributed by atoms with Gasteiger partial charge in [0, 0.05) is 6.42 Å². The highest BCUT2D eigenvalue weighted by molar-refractivity contribution is 5.83. The van der Waals surface area contributed by atoms with E-state index < -0.39 is 48.3 Å². The lowest BCUT2D eigenvalue weighted by Crippen LogP contribution is -2.55. The van der Waals surface area contributed by atoms with Gasteiger partial charge in [-0.05, 0) is 46.7 Å². The topological polar surface area (TPSA) is 87.7 Å². The van der Waals surface area contributed by atoms with Gasteiger partial charge in [-0.1, -0.05) is 80.6 Å². The lowest BCUT2D eigenvalue weighted by molar-refractivity contribution is -0.274. The highest BCUT2D eigenvalue weighted by Gasteiger charge is 2.39. The van der Waals surface area contributed by atoms with Crippen LogP contribution in [-0.4, -0.2) is 35.7 Å². The van der Waals surface area contributed by atoms with Gasteiger partial charge in [-0.25, -0.2) is 9.59 Å². The van der Waals surface area contributed by atoms with Gasteiger partial charge in [-0.3, -0.25) is 0 Å². The zero-order chi connectivity index (χ0) is 31.1. The first-order valence-corrected chi connectivity index (χ1v) is 12.9. The molecular weight excluding hydrogens is 566 g/mol. The van der Waals surface area contributed by atoms with Gasteiger partial charge in [0.05, 0.1) is 12.0 Å². The average Bonchev–Trinajstić information content (AvgIpc) is 2.86. The monoisotopic (exact) mass is 596 g/mol. The number of rotatable bonds is 11. The molecule has 0 aliphatic rings. The summed E-state index contributed by atoms with van der Waals surface area (Å²) in [6.45, 7) is 3.51. The summed E-state index contributed by atoms with van der Waals surface area (Å²) in [6, 6.07) is 16.2. The number of carbonyl (C=O) groups is 2. The third kappa shape index (κ3) is 9.42. The summed E-state index contributed by atoms with van der Waals surface area (Å²) in [5.74, 6) is -2.04. The second kappa shape index (κ2) is 13.2. The Morgan fingerprint density at radius 1 is 0.810 bits per heavy atom. The zero-order valence-corrected chi connectivity index (χ0v) is 22.7. The van der Waals surface area contributed by atoms with Crippen molar-refractivity contribution in [3.8, 4) is 5.75 Å². The molecule has 0 saturated heterocycles. The number of carboxylic acids is 1. The van der Waals surface area contributed by atoms with Crippen LogP contribution in [0.5, 0.6) is 5.75 Å². The van der Waals surface area contributed by atoms with E-state index in [-0.39, 0.29) is 35.4 Å². The molecule has 0 fully saturated rings. The van der Waals surface area contributed by atoms with Crippen LogP contribution in [0.2, 0.25) is 0 Å². The summed E-state index contributed by atoms with van der Waals surface area (Å²) in [5, 5.41) is 14.8. The number of hydrogen-bond acceptors (Lipinski definition) is 3. The Labute approximate surface area is 238 Å². The van der Waals surface area contributed by atoms with Crippen LogP contribution in [0.3, 0.4) is 0 Å². The number of benzene rings is 3. The van der Waals surface area contributed by atoms with Gasteiger partial charge in [-0.15, -0.1) is 13.2 Å². The molecule has 0 aliphatic heterocycles. The van der Waals surface area contributed by atoms with Crippen molar-refractivity contribution in [3.05, 3.63) is 101 Å². The van der Waals surface area contributed by atoms with Crippen LogP contribution in [0, 0.1) is 5.92 Å². The fraction of sp³-hybridized carbons (Fsp3) is 0.333. The first-order chi connectivity index (χ1) is 19.6. The minimum Gasteiger partial charge on any atom is -0.480 e. The van der Waals surface area contributed by atoms with E-state index in [0.29, 0.717) is 5.56 Å². The summed E-state index contributed by atoms with van der Waals surface area (Å²) in [6.07, 6.45) is -10.9. The van der Waals surface area contributed by atoms with Gasteiger partial charge in [0.25, 0.3) is 0 Å². The summed E-state index contributed by atoms with van der Waals surface area (Å²) in [7, 11) is 0. The molecule has 42 heavy (non-hydrogen) atoms. The molecule has 0 aliphatic carbocycles. The lowest BCUT2D eigenvalue weighted by Gasteiger charge is -2.37. The molecule has 3 N–H and O–H groups in total. The van der Waals surface area contributed by atoms with E-state index >= 15 is 0 Å². The van der Waals surface area contributed by atoms with Crippen LogP contribution in [0.15, 0.2) is 78.9 Å². The molecule has 1 unspecified atom stereocenters. The summed E-state index contributed by atoms with van der Waals surface area (Å²) < 4.78 is 83.4. The fourth-order valence-corrected chi connectivity index (χ4v) is 4.68. The van der Waals surface area contributed by atoms with Gasteiger partial charge in [0.2, 0.25) is 0 Å². The number of ether oxygens (including phenoxy) is 1. The second-order valence-electron chi connectivity index (χ2n) is 10.3. The molecule has 0 spiro atoms. The first-order valence-electron chi connectivity index (χ1n) is 12.9. The largest absolute Gasteiger partial charge is 0.573 e. The van der Waals surface area contributed by atoms with Gasteiger partial charge in [-0.2, -0.15) is 13.2 Å². The predicted octanol–water partition coefficient (Wildman–Crippen LogP) is 6.97. The van der Waals surface area contributed by atoms with Crippen molar-refractivity contribution in [2.75, 3.05) is 0 Å². The van der Waals surface area contributed by atoms with E-state index in [2.05, 4.69) is 15.4 Å². The Balaban J connectivity index is 2.23. The Bertz CT molecular complexity index is 1300. The van der Waals surface area contributed by atoms with E-state index in [4.69, 9.17) is 0 Å². The first kappa shape index (κ1) is 32.3. The highest BCUT2D eigenvalue weighted by Crippen LogP contribution is 2.37. The van der Waals surface area contributed by atoms with Gasteiger partial charge < -0.3 is 20.5 Å². The maximum Gasteiger partial charge on any atom is 0.573 e. The Morgan fingerprint density at radius 2 is 1.40 bits per heavy atom. The minimum absolute atomic E-state index is 0.0585. The molecule has 0 radical (unpaired) electrons. The van der Waals surface area contributed by atoms with E-state index in [1.807, 2.05) is 0 Å². The van der Waals surface area contributed by atoms with Crippen molar-refractivity contribution >= 4 is 12.0 Å². The van der Waals surface area contributed by atoms with Crippen LogP contribution in [-0.2, 0) is 23.2 Å². The van der Waals surface area contributed by atoms with Crippen LogP contribution in [0.25, 0.3) is 0 Å². The molecule has 2 atom stereocenters. The molecule has 3 rings (SSSR count). The number of aliphatic carboxylic acids is 1. The summed E-state index contributed by atoms with van der Waals surface area (Å²) in [4.78, 5) is 25.3. The lowest BCUT2D eigenvalue weighted by atomic mass is 9.77. The quantitative estimate of drug-likeness (QED) is 0.209. The fourth-order valence-electron chi connectivity index (χ4n) is 4.68. The van der Waals surface area contributed by atoms with E-state index in [9.17, 15) is 41.0 Å². The Morgan fingerprint density at radius 3 is 1.98 bits per heavy atom. The molecule has 0 bridgehead atoms. The van der Waals surface area contributed by atoms with Crippen LogP contribution < -0.4 is 15.4 Å². The van der Waals surface area contributed by atoms with E-state index in [1.165, 1.54) is 36.4 Å². The van der Waals surface area contributed by atoms with E-state index in [0.717, 1.165) is 12.1 Å². The number of halogens is 6. The van der Waals surface area contributed by atoms with Crippen molar-refractivity contribution < 1.29 is 45.8 Å². The van der Waals surface area contributed by atoms with Gasteiger partial charge in [0.15, 0.2) is 0 Å². The maximum atomic E-state index is 13.4. The zero-order valence-electron chi connectivity index (χ0n) is 22.7. The molecule has 3 aromatic carbocycles. The molecule has 0 saturated carbocycles. The normalized spacial score (nSPS) is 14.1. The van der Waals surface area contributed by atoms with Crippen molar-refractivity contribution in [1.29, 1.82) is 0 Å². The van der Waals surface area contributed by atoms with Crippen molar-refractivity contribution in [3.63, 3.8) is 0 Å². The molecule has 226 valence electrons. The third-order valence-electron chi connectivity index (χ3n) is 6.33. The molecule has 6 nitrogen and oxygen atoms in total. The molecule has 0 aromatic heterocycles. The Kier molecular flexibility index (Phi) is 10.1. The van der Waals surface area contributed by atoms with Crippen LogP contribution in [0.4, 0.5) is 31.1 Å². The van der Waals surface area contributed by atoms with Gasteiger partial charge in [0.1, 0.15) is 11.8 Å². The number of carbonyl (C=O) groups excluding carboxylic acids is 1. The van der Waals surface area contributed by atoms with Crippen molar-refractivity contribution in [2.24, 2.45) is 5.92 Å². The summed E-state index contributed by atoms with van der Waals surface area (Å²) >= 11 is 0. The Hall–Kier alpha value is -4.22. The van der Waals surface area contributed by atoms with Gasteiger partial charge >= 0.3 is 24.5 Å². The average molecular weight is 597 g/mol. The highest BCUT2D eigenvalue weighted by atomic mass is 19.4. The molecular formula is C30H30F6N2O4. The van der Waals surface area contributed by atoms with Crippen molar-refractivity contribution in [1.82, 2.24) is 10.6 Å². The standard InChI is InChI=1S/C30H30F6N2O4/c1-19(2)14-25(26(39)40)37-27(41)38-28(17-20-8-4-3-5-9-20,22-11-6-10-21(15-22)18-29(31,32)33)23-12-7-13-24(16-23)42-30(34,35)36/h3-13,15-16,19,25H,14,17-18H2,1-2H3,(H,39,40)(H2,37,38,41)/t25-,28?/m0/s1. The number of nitrogens with one attached hydrogen (secondary N) is 2. The van der Waals surface area contributed by atoms with Crippen molar-refractivity contribution in [2.45, 2.75) is 57.2 Å². The number of alkyl halides is 6. The molecule has 3 aromatic rings. The minimum atomic E-state index is -5.04. The molecule has 12 heteroatoms. The summed E-state index contributed by atoms with van der Waals surface area (Å²) in [5.41, 5.74) is -1.14. The SMILES string of the molecule is CC(C)C[C@H](NC(=O)NC(Cc1ccccc1)(c1cccc(CC(F)(F)F)c1)c1cccc(OC(F)(F)F)c1)C(=O)O. The maximum absolute atomic E-state index is 13.4. The molecule has 2 amide bonds. The molecule has 0 heterocycles. The van der Waals surface area contributed by atoms with Crippen LogP contribution in [0.1, 0.15) is 42.5 Å². The number of urea groups is 1. The predicted molar refractivity (Wildman–Crippen MR) is 143 cm³/mol. The second-order valence-corrected chi connectivity index (χ2v) is 10.3. The number of carboxylic acid groups (broad SMARTS) is 1. The van der Waals surface area contributed by atoms with E-state index in [1.54, 1.807) is 44.2 Å².